The molecule has 2 aromatic rings. The van der Waals surface area contributed by atoms with Gasteiger partial charge >= 0.3 is 5.97 Å². The van der Waals surface area contributed by atoms with Crippen LogP contribution in [0.5, 0.6) is 0 Å². The van der Waals surface area contributed by atoms with E-state index in [4.69, 9.17) is 4.52 Å². The molecule has 5 rings (SSSR count). The Bertz CT molecular complexity index is 922. The number of aromatic nitrogens is 2. The Kier molecular flexibility index (Phi) is 3.21. The molecule has 0 aromatic carbocycles. The average molecular weight is 355 g/mol. The second kappa shape index (κ2) is 5.28. The van der Waals surface area contributed by atoms with Crippen LogP contribution in [-0.4, -0.2) is 45.1 Å². The summed E-state index contributed by atoms with van der Waals surface area (Å²) in [6.07, 6.45) is 4.48. The van der Waals surface area contributed by atoms with Crippen LogP contribution in [0.25, 0.3) is 11.1 Å². The molecule has 136 valence electrons. The summed E-state index contributed by atoms with van der Waals surface area (Å²) in [5, 5.41) is 13.9. The Morgan fingerprint density at radius 1 is 1.31 bits per heavy atom. The van der Waals surface area contributed by atoms with E-state index in [1.165, 1.54) is 0 Å². The molecule has 1 amide bonds. The van der Waals surface area contributed by atoms with Crippen molar-refractivity contribution in [1.82, 2.24) is 15.0 Å². The molecule has 2 aliphatic carbocycles. The lowest BCUT2D eigenvalue weighted by molar-refractivity contribution is -0.139. The zero-order chi connectivity index (χ0) is 18.1. The van der Waals surface area contributed by atoms with Crippen molar-refractivity contribution in [1.29, 1.82) is 0 Å². The molecule has 3 heterocycles. The lowest BCUT2D eigenvalue weighted by atomic mass is 9.90. The second-order valence-corrected chi connectivity index (χ2v) is 8.07. The van der Waals surface area contributed by atoms with E-state index in [1.807, 2.05) is 17.9 Å². The molecule has 1 N–H and O–H groups in total. The molecule has 2 aromatic heterocycles. The van der Waals surface area contributed by atoms with Gasteiger partial charge in [0.2, 0.25) is 0 Å². The molecule has 1 unspecified atom stereocenters. The van der Waals surface area contributed by atoms with Crippen LogP contribution in [0.15, 0.2) is 10.6 Å². The third kappa shape index (κ3) is 2.33. The van der Waals surface area contributed by atoms with Crippen LogP contribution >= 0.6 is 0 Å². The van der Waals surface area contributed by atoms with E-state index in [0.717, 1.165) is 37.8 Å². The van der Waals surface area contributed by atoms with Crippen LogP contribution in [0.1, 0.15) is 59.8 Å². The minimum absolute atomic E-state index is 0.0204. The predicted molar refractivity (Wildman–Crippen MR) is 91.8 cm³/mol. The third-order valence-electron chi connectivity index (χ3n) is 6.40. The number of aliphatic carboxylic acids is 1. The van der Waals surface area contributed by atoms with E-state index in [0.29, 0.717) is 41.4 Å². The number of hydrogen-bond acceptors (Lipinski definition) is 5. The van der Waals surface area contributed by atoms with Gasteiger partial charge in [-0.3, -0.25) is 9.59 Å². The van der Waals surface area contributed by atoms with Crippen molar-refractivity contribution in [2.75, 3.05) is 13.1 Å². The number of piperidine rings is 1. The zero-order valence-electron chi connectivity index (χ0n) is 14.7. The maximum absolute atomic E-state index is 13.2. The van der Waals surface area contributed by atoms with E-state index >= 15 is 0 Å². The first-order chi connectivity index (χ1) is 12.5. The summed E-state index contributed by atoms with van der Waals surface area (Å²) in [5.74, 6) is -0.527. The number of hydrogen-bond donors (Lipinski definition) is 1. The van der Waals surface area contributed by atoms with E-state index in [-0.39, 0.29) is 17.2 Å². The van der Waals surface area contributed by atoms with Crippen molar-refractivity contribution in [3.63, 3.8) is 0 Å². The van der Waals surface area contributed by atoms with Gasteiger partial charge in [-0.1, -0.05) is 5.16 Å². The summed E-state index contributed by atoms with van der Waals surface area (Å²) < 4.78 is 5.33. The number of carboxylic acid groups (broad SMARTS) is 1. The summed E-state index contributed by atoms with van der Waals surface area (Å²) >= 11 is 0. The van der Waals surface area contributed by atoms with Gasteiger partial charge in [-0.05, 0) is 50.5 Å². The van der Waals surface area contributed by atoms with Crippen LogP contribution in [0.3, 0.4) is 0 Å². The third-order valence-corrected chi connectivity index (χ3v) is 6.40. The Hall–Kier alpha value is -2.44. The SMILES string of the molecule is Cc1noc2nc(C3CC3)cc(C(=O)N3CCC4(CC3)CC4C(=O)O)c12. The first-order valence-electron chi connectivity index (χ1n) is 9.27. The van der Waals surface area contributed by atoms with Gasteiger partial charge in [0, 0.05) is 24.7 Å². The number of carboxylic acids is 1. The average Bonchev–Trinajstić information content (AvgIpc) is 3.54. The van der Waals surface area contributed by atoms with Crippen LogP contribution in [0.4, 0.5) is 0 Å². The second-order valence-electron chi connectivity index (χ2n) is 8.07. The molecule has 0 radical (unpaired) electrons. The largest absolute Gasteiger partial charge is 0.481 e. The number of likely N-dealkylation sites (tertiary alicyclic amines) is 1. The highest BCUT2D eigenvalue weighted by Gasteiger charge is 2.59. The van der Waals surface area contributed by atoms with Gasteiger partial charge in [0.15, 0.2) is 0 Å². The minimum Gasteiger partial charge on any atom is -0.481 e. The molecule has 1 aliphatic heterocycles. The van der Waals surface area contributed by atoms with E-state index < -0.39 is 5.97 Å². The molecule has 3 aliphatic rings. The van der Waals surface area contributed by atoms with Crippen molar-refractivity contribution in [3.05, 3.63) is 23.0 Å². The summed E-state index contributed by atoms with van der Waals surface area (Å²) in [7, 11) is 0. The summed E-state index contributed by atoms with van der Waals surface area (Å²) in [5.41, 5.74) is 2.58. The number of amides is 1. The number of carbonyl (C=O) groups is 2. The van der Waals surface area contributed by atoms with Crippen LogP contribution in [0, 0.1) is 18.3 Å². The number of aryl methyl sites for hydroxylation is 1. The monoisotopic (exact) mass is 355 g/mol. The van der Waals surface area contributed by atoms with Crippen molar-refractivity contribution in [3.8, 4) is 0 Å². The van der Waals surface area contributed by atoms with Gasteiger partial charge in [0.05, 0.1) is 22.6 Å². The van der Waals surface area contributed by atoms with Crippen molar-refractivity contribution in [2.24, 2.45) is 11.3 Å². The summed E-state index contributed by atoms with van der Waals surface area (Å²) in [6, 6.07) is 1.91. The number of carbonyl (C=O) groups excluding carboxylic acids is 1. The molecule has 7 nitrogen and oxygen atoms in total. The van der Waals surface area contributed by atoms with E-state index in [9.17, 15) is 14.7 Å². The fourth-order valence-electron chi connectivity index (χ4n) is 4.45. The molecule has 0 bridgehead atoms. The van der Waals surface area contributed by atoms with Crippen LogP contribution < -0.4 is 0 Å². The quantitative estimate of drug-likeness (QED) is 0.909. The van der Waals surface area contributed by atoms with Crippen LogP contribution in [-0.2, 0) is 4.79 Å². The highest BCUT2D eigenvalue weighted by atomic mass is 16.5. The molecule has 1 atom stereocenters. The first-order valence-corrected chi connectivity index (χ1v) is 9.27. The number of pyridine rings is 1. The Balaban J connectivity index is 1.42. The lowest BCUT2D eigenvalue weighted by Gasteiger charge is -2.32. The maximum Gasteiger partial charge on any atom is 0.307 e. The maximum atomic E-state index is 13.2. The van der Waals surface area contributed by atoms with E-state index in [2.05, 4.69) is 10.1 Å². The molecule has 7 heteroatoms. The first kappa shape index (κ1) is 15.8. The predicted octanol–water partition coefficient (Wildman–Crippen LogP) is 2.74. The van der Waals surface area contributed by atoms with Gasteiger partial charge in [-0.15, -0.1) is 0 Å². The van der Waals surface area contributed by atoms with Crippen molar-refractivity contribution >= 4 is 23.0 Å². The fourth-order valence-corrected chi connectivity index (χ4v) is 4.45. The van der Waals surface area contributed by atoms with Crippen molar-refractivity contribution in [2.45, 2.75) is 44.9 Å². The number of nitrogens with zero attached hydrogens (tertiary/aromatic N) is 3. The lowest BCUT2D eigenvalue weighted by Crippen LogP contribution is -2.40. The molecular formula is C19H21N3O4. The molecular weight excluding hydrogens is 334 g/mol. The Morgan fingerprint density at radius 3 is 2.65 bits per heavy atom. The fraction of sp³-hybridized carbons (Fsp3) is 0.579. The van der Waals surface area contributed by atoms with Gasteiger partial charge in [0.25, 0.3) is 11.6 Å². The number of fused-ring (bicyclic) bond motifs is 1. The number of rotatable bonds is 3. The molecule has 1 saturated heterocycles. The minimum atomic E-state index is -0.699. The highest BCUT2D eigenvalue weighted by molar-refractivity contribution is 6.06. The topological polar surface area (TPSA) is 96.5 Å². The smallest absolute Gasteiger partial charge is 0.307 e. The van der Waals surface area contributed by atoms with E-state index in [1.54, 1.807) is 0 Å². The molecule has 2 saturated carbocycles. The Morgan fingerprint density at radius 2 is 2.04 bits per heavy atom. The summed E-state index contributed by atoms with van der Waals surface area (Å²) in [4.78, 5) is 30.8. The van der Waals surface area contributed by atoms with Gasteiger partial charge < -0.3 is 14.5 Å². The molecule has 26 heavy (non-hydrogen) atoms. The normalized spacial score (nSPS) is 24.2. The van der Waals surface area contributed by atoms with Crippen LogP contribution in [0.2, 0.25) is 0 Å². The molecule has 3 fully saturated rings. The van der Waals surface area contributed by atoms with Gasteiger partial charge in [0.1, 0.15) is 0 Å². The van der Waals surface area contributed by atoms with Crippen molar-refractivity contribution < 1.29 is 19.2 Å². The summed E-state index contributed by atoms with van der Waals surface area (Å²) in [6.45, 7) is 3.04. The molecule has 1 spiro atoms. The van der Waals surface area contributed by atoms with Gasteiger partial charge in [-0.2, -0.15) is 0 Å². The zero-order valence-corrected chi connectivity index (χ0v) is 14.7. The van der Waals surface area contributed by atoms with Gasteiger partial charge in [-0.25, -0.2) is 4.98 Å². The standard InChI is InChI=1S/C19H21N3O4/c1-10-15-12(8-14(11-2-3-11)20-16(15)26-21-10)17(23)22-6-4-19(5-7-22)9-13(19)18(24)25/h8,11,13H,2-7,9H2,1H3,(H,24,25). The Labute approximate surface area is 150 Å². The highest BCUT2D eigenvalue weighted by Crippen LogP contribution is 2.59.